The van der Waals surface area contributed by atoms with Crippen molar-refractivity contribution >= 4 is 46.1 Å². The van der Waals surface area contributed by atoms with E-state index in [4.69, 9.17) is 5.26 Å². The molecule has 1 aliphatic heterocycles. The Morgan fingerprint density at radius 3 is 2.82 bits per heavy atom. The molecule has 1 atom stereocenters. The highest BCUT2D eigenvalue weighted by Gasteiger charge is 2.34. The van der Waals surface area contributed by atoms with Crippen LogP contribution in [0.3, 0.4) is 0 Å². The molecular weight excluding hydrogens is 457 g/mol. The molecule has 11 heteroatoms. The summed E-state index contributed by atoms with van der Waals surface area (Å²) in [6.45, 7) is 2.26. The van der Waals surface area contributed by atoms with E-state index in [0.717, 1.165) is 14.7 Å². The van der Waals surface area contributed by atoms with Crippen molar-refractivity contribution in [2.75, 3.05) is 13.1 Å². The summed E-state index contributed by atoms with van der Waals surface area (Å²) < 4.78 is 14.7. The van der Waals surface area contributed by atoms with Gasteiger partial charge in [0.15, 0.2) is 18.0 Å². The summed E-state index contributed by atoms with van der Waals surface area (Å²) in [6.07, 6.45) is 4.46. The molecule has 1 aliphatic rings. The molecule has 1 saturated heterocycles. The zero-order chi connectivity index (χ0) is 23.8. The smallest absolute Gasteiger partial charge is 0.255 e. The summed E-state index contributed by atoms with van der Waals surface area (Å²) in [5, 5.41) is 13.4. The minimum atomic E-state index is -0.820. The Morgan fingerprint density at radius 1 is 1.26 bits per heavy atom. The lowest BCUT2D eigenvalue weighted by molar-refractivity contribution is -0.137. The second-order valence-corrected chi connectivity index (χ2v) is 8.54. The maximum Gasteiger partial charge on any atom is 0.255 e. The molecule has 0 radical (unpaired) electrons. The van der Waals surface area contributed by atoms with Gasteiger partial charge in [-0.25, -0.2) is 13.9 Å². The zero-order valence-electron chi connectivity index (χ0n) is 18.0. The first-order valence-corrected chi connectivity index (χ1v) is 11.2. The van der Waals surface area contributed by atoms with E-state index in [1.54, 1.807) is 13.1 Å². The van der Waals surface area contributed by atoms with E-state index >= 15 is 0 Å². The summed E-state index contributed by atoms with van der Waals surface area (Å²) in [6, 6.07) is 10.9. The van der Waals surface area contributed by atoms with Gasteiger partial charge in [-0.05, 0) is 18.4 Å². The third-order valence-corrected chi connectivity index (χ3v) is 6.22. The van der Waals surface area contributed by atoms with Crippen molar-refractivity contribution < 1.29 is 13.5 Å². The van der Waals surface area contributed by atoms with Crippen molar-refractivity contribution in [1.29, 1.82) is 5.26 Å². The minimum Gasteiger partial charge on any atom is -0.340 e. The van der Waals surface area contributed by atoms with Crippen molar-refractivity contribution in [3.05, 3.63) is 54.5 Å². The number of carbonyl (C=O) groups excluding carboxylic acids is 2. The van der Waals surface area contributed by atoms with Crippen LogP contribution in [0.5, 0.6) is 0 Å². The van der Waals surface area contributed by atoms with Gasteiger partial charge in [-0.1, -0.05) is 24.3 Å². The Bertz CT molecular complexity index is 1470. The molecule has 9 nitrogen and oxygen atoms in total. The van der Waals surface area contributed by atoms with E-state index in [1.807, 2.05) is 30.3 Å². The normalized spacial score (nSPS) is 14.6. The lowest BCUT2D eigenvalue weighted by Crippen LogP contribution is -2.55. The monoisotopic (exact) mass is 475 g/mol. The van der Waals surface area contributed by atoms with Crippen LogP contribution >= 0.6 is 12.3 Å². The minimum absolute atomic E-state index is 0.0906. The number of likely N-dealkylation sites (tertiary alicyclic amines) is 1. The molecule has 1 fully saturated rings. The van der Waals surface area contributed by atoms with Crippen molar-refractivity contribution in [1.82, 2.24) is 29.1 Å². The molecule has 3 aromatic heterocycles. The number of nitrogens with one attached hydrogen (secondary N) is 1. The van der Waals surface area contributed by atoms with Crippen molar-refractivity contribution in [3.8, 4) is 17.5 Å². The van der Waals surface area contributed by atoms with E-state index < -0.39 is 11.9 Å². The van der Waals surface area contributed by atoms with Gasteiger partial charge in [-0.2, -0.15) is 5.26 Å². The Balaban J connectivity index is 1.48. The van der Waals surface area contributed by atoms with Gasteiger partial charge < -0.3 is 10.2 Å². The average molecular weight is 476 g/mol. The summed E-state index contributed by atoms with van der Waals surface area (Å²) in [5.74, 6) is -1.04. The second kappa shape index (κ2) is 8.72. The SMILES string of the molecule is C[C@@H](NC(=O)c1cn(SF)c2ncc(-c3nccc4ccccc34)nc12)C(=O)N1CC(C#N)C1. The standard InChI is InChI=1S/C23H18FN7O2S/c1-13(23(33)30-10-14(8-25)11-30)28-22(32)17-12-31(34-24)21-20(17)29-18(9-27-21)19-16-5-3-2-4-15(16)6-7-26-19/h2-7,9,12-14H,10-11H2,1H3,(H,28,32)/t13-/m1/s1. The molecule has 0 aliphatic carbocycles. The summed E-state index contributed by atoms with van der Waals surface area (Å²) in [5.41, 5.74) is 1.50. The molecule has 4 aromatic rings. The highest BCUT2D eigenvalue weighted by molar-refractivity contribution is 7.92. The molecule has 0 saturated carbocycles. The average Bonchev–Trinajstić information content (AvgIpc) is 3.21. The number of pyridine rings is 1. The number of fused-ring (bicyclic) bond motifs is 2. The summed E-state index contributed by atoms with van der Waals surface area (Å²) >= 11 is -0.101. The number of nitriles is 1. The molecule has 2 amide bonds. The van der Waals surface area contributed by atoms with Crippen LogP contribution in [0, 0.1) is 17.2 Å². The van der Waals surface area contributed by atoms with Crippen LogP contribution < -0.4 is 5.32 Å². The predicted octanol–water partition coefficient (Wildman–Crippen LogP) is 3.13. The number of nitrogens with zero attached hydrogens (tertiary/aromatic N) is 6. The number of rotatable bonds is 5. The zero-order valence-corrected chi connectivity index (χ0v) is 18.8. The fourth-order valence-corrected chi connectivity index (χ4v) is 4.32. The Labute approximate surface area is 198 Å². The third kappa shape index (κ3) is 3.72. The number of hydrogen-bond donors (Lipinski definition) is 1. The summed E-state index contributed by atoms with van der Waals surface area (Å²) in [4.78, 5) is 40.5. The molecular formula is C23H18FN7O2S. The first-order valence-electron chi connectivity index (χ1n) is 10.5. The number of hydrogen-bond acceptors (Lipinski definition) is 7. The highest BCUT2D eigenvalue weighted by atomic mass is 32.2. The Kier molecular flexibility index (Phi) is 5.59. The van der Waals surface area contributed by atoms with Gasteiger partial charge in [0.05, 0.1) is 29.4 Å². The van der Waals surface area contributed by atoms with Gasteiger partial charge in [-0.3, -0.25) is 14.6 Å². The first-order chi connectivity index (χ1) is 16.5. The summed E-state index contributed by atoms with van der Waals surface area (Å²) in [7, 11) is 0. The van der Waals surface area contributed by atoms with Gasteiger partial charge in [0.1, 0.15) is 17.3 Å². The van der Waals surface area contributed by atoms with E-state index in [2.05, 4.69) is 26.3 Å². The van der Waals surface area contributed by atoms with Gasteiger partial charge in [-0.15, -0.1) is 3.89 Å². The van der Waals surface area contributed by atoms with E-state index in [-0.39, 0.29) is 40.9 Å². The van der Waals surface area contributed by atoms with Crippen LogP contribution in [0.1, 0.15) is 17.3 Å². The number of benzene rings is 1. The Hall–Kier alpha value is -4.04. The quantitative estimate of drug-likeness (QED) is 0.471. The van der Waals surface area contributed by atoms with Crippen molar-refractivity contribution in [2.45, 2.75) is 13.0 Å². The van der Waals surface area contributed by atoms with Gasteiger partial charge in [0.2, 0.25) is 5.91 Å². The molecule has 170 valence electrons. The number of aromatic nitrogens is 4. The molecule has 1 N–H and O–H groups in total. The van der Waals surface area contributed by atoms with Crippen molar-refractivity contribution in [2.24, 2.45) is 5.92 Å². The highest BCUT2D eigenvalue weighted by Crippen LogP contribution is 2.29. The van der Waals surface area contributed by atoms with Crippen LogP contribution in [0.15, 0.2) is 48.9 Å². The van der Waals surface area contributed by atoms with Crippen LogP contribution in [0.2, 0.25) is 0 Å². The number of carbonyl (C=O) groups is 2. The third-order valence-electron chi connectivity index (χ3n) is 5.79. The van der Waals surface area contributed by atoms with Gasteiger partial charge in [0, 0.05) is 30.9 Å². The first kappa shape index (κ1) is 21.8. The predicted molar refractivity (Wildman–Crippen MR) is 125 cm³/mol. The molecule has 0 unspecified atom stereocenters. The van der Waals surface area contributed by atoms with E-state index in [1.165, 1.54) is 17.3 Å². The van der Waals surface area contributed by atoms with Gasteiger partial charge in [0.25, 0.3) is 5.91 Å². The maximum atomic E-state index is 13.6. The van der Waals surface area contributed by atoms with Crippen molar-refractivity contribution in [3.63, 3.8) is 0 Å². The fraction of sp³-hybridized carbons (Fsp3) is 0.217. The largest absolute Gasteiger partial charge is 0.340 e. The fourth-order valence-electron chi connectivity index (χ4n) is 3.97. The van der Waals surface area contributed by atoms with Crippen LogP contribution in [0.4, 0.5) is 3.89 Å². The molecule has 34 heavy (non-hydrogen) atoms. The van der Waals surface area contributed by atoms with E-state index in [9.17, 15) is 13.5 Å². The molecule has 4 heterocycles. The number of amides is 2. The van der Waals surface area contributed by atoms with Crippen LogP contribution in [-0.2, 0) is 4.79 Å². The topological polar surface area (TPSA) is 117 Å². The molecule has 1 aromatic carbocycles. The lowest BCUT2D eigenvalue weighted by Gasteiger charge is -2.37. The van der Waals surface area contributed by atoms with Gasteiger partial charge >= 0.3 is 0 Å². The molecule has 0 bridgehead atoms. The Morgan fingerprint density at radius 2 is 2.06 bits per heavy atom. The van der Waals surface area contributed by atoms with Crippen LogP contribution in [0.25, 0.3) is 33.3 Å². The maximum absolute atomic E-state index is 13.6. The number of halogens is 1. The van der Waals surface area contributed by atoms with Crippen LogP contribution in [-0.4, -0.2) is 54.8 Å². The second-order valence-electron chi connectivity index (χ2n) is 8.01. The van der Waals surface area contributed by atoms with E-state index in [0.29, 0.717) is 24.5 Å². The molecule has 0 spiro atoms. The molecule has 5 rings (SSSR count). The lowest BCUT2D eigenvalue weighted by atomic mass is 10.0.